The van der Waals surface area contributed by atoms with Crippen LogP contribution in [0.25, 0.3) is 0 Å². The van der Waals surface area contributed by atoms with Crippen LogP contribution in [0.15, 0.2) is 16.6 Å². The molecule has 2 atom stereocenters. The number of aryl methyl sites for hydroxylation is 2. The van der Waals surface area contributed by atoms with E-state index < -0.39 is 0 Å². The summed E-state index contributed by atoms with van der Waals surface area (Å²) < 4.78 is 1.13. The molecule has 1 N–H and O–H groups in total. The van der Waals surface area contributed by atoms with E-state index in [4.69, 9.17) is 0 Å². The summed E-state index contributed by atoms with van der Waals surface area (Å²) in [6, 6.07) is 4.06. The van der Waals surface area contributed by atoms with Crippen molar-refractivity contribution in [2.75, 3.05) is 5.32 Å². The SMILES string of the molecule is Cc1cc(NC(=O)C2CC3CC3C2)cc(C)c1Br. The molecule has 0 saturated heterocycles. The molecular weight excluding hydrogens is 290 g/mol. The van der Waals surface area contributed by atoms with Gasteiger partial charge < -0.3 is 5.32 Å². The molecule has 18 heavy (non-hydrogen) atoms. The first-order valence-corrected chi connectivity index (χ1v) is 7.41. The predicted molar refractivity (Wildman–Crippen MR) is 76.6 cm³/mol. The molecule has 1 amide bonds. The van der Waals surface area contributed by atoms with Crippen molar-refractivity contribution in [1.82, 2.24) is 0 Å². The van der Waals surface area contributed by atoms with E-state index in [0.29, 0.717) is 0 Å². The molecule has 2 fully saturated rings. The average molecular weight is 308 g/mol. The van der Waals surface area contributed by atoms with E-state index in [0.717, 1.165) is 34.8 Å². The first-order valence-electron chi connectivity index (χ1n) is 6.62. The van der Waals surface area contributed by atoms with Gasteiger partial charge in [0.15, 0.2) is 0 Å². The Morgan fingerprint density at radius 1 is 1.17 bits per heavy atom. The molecule has 0 aromatic heterocycles. The van der Waals surface area contributed by atoms with Gasteiger partial charge in [0.1, 0.15) is 0 Å². The zero-order chi connectivity index (χ0) is 12.9. The molecule has 2 unspecified atom stereocenters. The van der Waals surface area contributed by atoms with E-state index in [1.165, 1.54) is 17.5 Å². The number of anilines is 1. The lowest BCUT2D eigenvalue weighted by Gasteiger charge is -2.14. The lowest BCUT2D eigenvalue weighted by Crippen LogP contribution is -2.21. The maximum Gasteiger partial charge on any atom is 0.227 e. The van der Waals surface area contributed by atoms with Crippen molar-refractivity contribution < 1.29 is 4.79 Å². The minimum Gasteiger partial charge on any atom is -0.326 e. The van der Waals surface area contributed by atoms with Crippen molar-refractivity contribution >= 4 is 27.5 Å². The molecule has 1 aromatic carbocycles. The number of rotatable bonds is 2. The number of nitrogens with one attached hydrogen (secondary N) is 1. The second kappa shape index (κ2) is 4.37. The Morgan fingerprint density at radius 3 is 2.28 bits per heavy atom. The summed E-state index contributed by atoms with van der Waals surface area (Å²) in [7, 11) is 0. The molecule has 0 aliphatic heterocycles. The third kappa shape index (κ3) is 2.20. The van der Waals surface area contributed by atoms with Crippen molar-refractivity contribution in [3.05, 3.63) is 27.7 Å². The van der Waals surface area contributed by atoms with Gasteiger partial charge in [0.25, 0.3) is 0 Å². The Hall–Kier alpha value is -0.830. The van der Waals surface area contributed by atoms with Gasteiger partial charge >= 0.3 is 0 Å². The van der Waals surface area contributed by atoms with Crippen LogP contribution in [0.5, 0.6) is 0 Å². The van der Waals surface area contributed by atoms with Crippen LogP contribution in [0.2, 0.25) is 0 Å². The summed E-state index contributed by atoms with van der Waals surface area (Å²) in [6.07, 6.45) is 3.57. The number of amides is 1. The molecule has 2 aliphatic rings. The molecule has 2 saturated carbocycles. The second-order valence-electron chi connectivity index (χ2n) is 5.84. The molecular formula is C15H18BrNO. The molecule has 0 heterocycles. The van der Waals surface area contributed by atoms with Crippen molar-refractivity contribution in [2.24, 2.45) is 17.8 Å². The number of carbonyl (C=O) groups excluding carboxylic acids is 1. The smallest absolute Gasteiger partial charge is 0.227 e. The van der Waals surface area contributed by atoms with E-state index in [9.17, 15) is 4.79 Å². The summed E-state index contributed by atoms with van der Waals surface area (Å²) in [6.45, 7) is 4.11. The third-order valence-corrected chi connectivity index (χ3v) is 5.57. The summed E-state index contributed by atoms with van der Waals surface area (Å²) in [5.41, 5.74) is 3.26. The highest BCUT2D eigenvalue weighted by molar-refractivity contribution is 9.10. The van der Waals surface area contributed by atoms with Crippen LogP contribution in [0, 0.1) is 31.6 Å². The molecule has 96 valence electrons. The topological polar surface area (TPSA) is 29.1 Å². The fraction of sp³-hybridized carbons (Fsp3) is 0.533. The zero-order valence-corrected chi connectivity index (χ0v) is 12.4. The van der Waals surface area contributed by atoms with Gasteiger partial charge in [0.2, 0.25) is 5.91 Å². The van der Waals surface area contributed by atoms with Crippen LogP contribution in [0.1, 0.15) is 30.4 Å². The Morgan fingerprint density at radius 2 is 1.72 bits per heavy atom. The normalized spacial score (nSPS) is 28.9. The second-order valence-corrected chi connectivity index (χ2v) is 6.63. The van der Waals surface area contributed by atoms with Gasteiger partial charge in [-0.05, 0) is 68.2 Å². The van der Waals surface area contributed by atoms with Crippen LogP contribution >= 0.6 is 15.9 Å². The van der Waals surface area contributed by atoms with Crippen molar-refractivity contribution in [2.45, 2.75) is 33.1 Å². The minimum absolute atomic E-state index is 0.211. The maximum atomic E-state index is 12.2. The van der Waals surface area contributed by atoms with E-state index in [2.05, 4.69) is 35.1 Å². The van der Waals surface area contributed by atoms with Crippen LogP contribution < -0.4 is 5.32 Å². The van der Waals surface area contributed by atoms with Gasteiger partial charge in [-0.15, -0.1) is 0 Å². The van der Waals surface area contributed by atoms with E-state index >= 15 is 0 Å². The average Bonchev–Trinajstić information content (AvgIpc) is 2.93. The standard InChI is InChI=1S/C15H18BrNO/c1-8-3-13(4-9(2)14(8)16)17-15(18)12-6-10-5-11(10)7-12/h3-4,10-12H,5-7H2,1-2H3,(H,17,18). The van der Waals surface area contributed by atoms with Crippen molar-refractivity contribution in [1.29, 1.82) is 0 Å². The monoisotopic (exact) mass is 307 g/mol. The number of fused-ring (bicyclic) bond motifs is 1. The van der Waals surface area contributed by atoms with Crippen LogP contribution in [0.3, 0.4) is 0 Å². The number of carbonyl (C=O) groups is 1. The lowest BCUT2D eigenvalue weighted by molar-refractivity contribution is -0.120. The van der Waals surface area contributed by atoms with Crippen LogP contribution in [-0.2, 0) is 4.79 Å². The number of hydrogen-bond acceptors (Lipinski definition) is 1. The Balaban J connectivity index is 1.70. The number of halogens is 1. The third-order valence-electron chi connectivity index (χ3n) is 4.32. The molecule has 3 rings (SSSR count). The van der Waals surface area contributed by atoms with Gasteiger partial charge in [0.05, 0.1) is 0 Å². The lowest BCUT2D eigenvalue weighted by atomic mass is 10.0. The van der Waals surface area contributed by atoms with Crippen LogP contribution in [-0.4, -0.2) is 5.91 Å². The van der Waals surface area contributed by atoms with Crippen molar-refractivity contribution in [3.63, 3.8) is 0 Å². The highest BCUT2D eigenvalue weighted by Gasteiger charge is 2.47. The first-order chi connectivity index (χ1) is 8.54. The summed E-state index contributed by atoms with van der Waals surface area (Å²) in [4.78, 5) is 12.2. The predicted octanol–water partition coefficient (Wildman–Crippen LogP) is 4.05. The van der Waals surface area contributed by atoms with Crippen molar-refractivity contribution in [3.8, 4) is 0 Å². The first kappa shape index (κ1) is 12.2. The fourth-order valence-electron chi connectivity index (χ4n) is 3.19. The maximum absolute atomic E-state index is 12.2. The van der Waals surface area contributed by atoms with Gasteiger partial charge in [-0.1, -0.05) is 15.9 Å². The number of hydrogen-bond donors (Lipinski definition) is 1. The highest BCUT2D eigenvalue weighted by atomic mass is 79.9. The molecule has 0 bridgehead atoms. The Bertz CT molecular complexity index is 478. The molecule has 2 aliphatic carbocycles. The van der Waals surface area contributed by atoms with Gasteiger partial charge in [-0.25, -0.2) is 0 Å². The Labute approximate surface area is 116 Å². The minimum atomic E-state index is 0.211. The van der Waals surface area contributed by atoms with Crippen LogP contribution in [0.4, 0.5) is 5.69 Å². The molecule has 0 spiro atoms. The van der Waals surface area contributed by atoms with Gasteiger partial charge in [-0.3, -0.25) is 4.79 Å². The number of benzene rings is 1. The van der Waals surface area contributed by atoms with Gasteiger partial charge in [0, 0.05) is 16.1 Å². The molecule has 2 nitrogen and oxygen atoms in total. The molecule has 0 radical (unpaired) electrons. The van der Waals surface area contributed by atoms with E-state index in [1.54, 1.807) is 0 Å². The fourth-order valence-corrected chi connectivity index (χ4v) is 3.42. The van der Waals surface area contributed by atoms with E-state index in [1.807, 2.05) is 12.1 Å². The van der Waals surface area contributed by atoms with E-state index in [-0.39, 0.29) is 11.8 Å². The largest absolute Gasteiger partial charge is 0.326 e. The Kier molecular flexibility index (Phi) is 2.97. The zero-order valence-electron chi connectivity index (χ0n) is 10.8. The summed E-state index contributed by atoms with van der Waals surface area (Å²) in [5, 5.41) is 3.07. The molecule has 3 heteroatoms. The summed E-state index contributed by atoms with van der Waals surface area (Å²) in [5.74, 6) is 2.17. The quantitative estimate of drug-likeness (QED) is 0.877. The summed E-state index contributed by atoms with van der Waals surface area (Å²) >= 11 is 3.55. The van der Waals surface area contributed by atoms with Gasteiger partial charge in [-0.2, -0.15) is 0 Å². The highest BCUT2D eigenvalue weighted by Crippen LogP contribution is 2.54. The molecule has 1 aromatic rings.